The maximum Gasteiger partial charge on any atom is 0.0503 e. The van der Waals surface area contributed by atoms with Gasteiger partial charge in [0.15, 0.2) is 0 Å². The zero-order valence-electron chi connectivity index (χ0n) is 11.0. The number of nitrogens with one attached hydrogen (secondary N) is 1. The molecular weight excluding hydrogens is 359 g/mol. The second kappa shape index (κ2) is 6.92. The summed E-state index contributed by atoms with van der Waals surface area (Å²) in [6.07, 6.45) is 0.674. The molecule has 3 N–H and O–H groups in total. The van der Waals surface area contributed by atoms with Gasteiger partial charge in [0.25, 0.3) is 0 Å². The summed E-state index contributed by atoms with van der Waals surface area (Å²) < 4.78 is 1.02. The van der Waals surface area contributed by atoms with E-state index < -0.39 is 0 Å². The van der Waals surface area contributed by atoms with Crippen molar-refractivity contribution in [2.45, 2.75) is 19.4 Å². The molecule has 20 heavy (non-hydrogen) atoms. The number of hydrogen-bond acceptors (Lipinski definition) is 2. The van der Waals surface area contributed by atoms with Crippen molar-refractivity contribution in [3.63, 3.8) is 0 Å². The largest absolute Gasteiger partial charge is 0.271 e. The van der Waals surface area contributed by atoms with Crippen LogP contribution in [0.25, 0.3) is 0 Å². The first-order valence-corrected chi connectivity index (χ1v) is 7.72. The van der Waals surface area contributed by atoms with E-state index in [1.54, 1.807) is 12.1 Å². The van der Waals surface area contributed by atoms with Gasteiger partial charge in [-0.3, -0.25) is 11.3 Å². The minimum atomic E-state index is -0.0246. The van der Waals surface area contributed by atoms with Crippen LogP contribution in [0.3, 0.4) is 0 Å². The van der Waals surface area contributed by atoms with Gasteiger partial charge in [0.2, 0.25) is 0 Å². The third kappa shape index (κ3) is 3.74. The molecule has 1 atom stereocenters. The molecule has 0 aliphatic rings. The maximum absolute atomic E-state index is 6.22. The van der Waals surface area contributed by atoms with E-state index in [0.717, 1.165) is 15.6 Å². The quantitative estimate of drug-likeness (QED) is 0.596. The number of halogens is 3. The number of hydrogen-bond donors (Lipinski definition) is 2. The summed E-state index contributed by atoms with van der Waals surface area (Å²) in [5.41, 5.74) is 6.14. The molecule has 0 amide bonds. The lowest BCUT2D eigenvalue weighted by Crippen LogP contribution is -2.30. The summed E-state index contributed by atoms with van der Waals surface area (Å²) in [7, 11) is 0. The van der Waals surface area contributed by atoms with E-state index in [-0.39, 0.29) is 6.04 Å². The minimum Gasteiger partial charge on any atom is -0.271 e. The monoisotopic (exact) mass is 372 g/mol. The van der Waals surface area contributed by atoms with Crippen molar-refractivity contribution in [3.05, 3.63) is 67.6 Å². The average Bonchev–Trinajstić information content (AvgIpc) is 2.42. The molecule has 0 spiro atoms. The van der Waals surface area contributed by atoms with Crippen molar-refractivity contribution < 1.29 is 0 Å². The molecule has 0 radical (unpaired) electrons. The SMILES string of the molecule is Cc1ccc(Br)cc1C(Cc1cc(Cl)ccc1Cl)NN. The topological polar surface area (TPSA) is 38.0 Å². The molecular formula is C15H15BrCl2N2. The fraction of sp³-hybridized carbons (Fsp3) is 0.200. The molecule has 0 heterocycles. The summed E-state index contributed by atoms with van der Waals surface area (Å²) in [5, 5.41) is 1.37. The van der Waals surface area contributed by atoms with Gasteiger partial charge in [-0.05, 0) is 60.4 Å². The smallest absolute Gasteiger partial charge is 0.0503 e. The van der Waals surface area contributed by atoms with Crippen molar-refractivity contribution >= 4 is 39.1 Å². The van der Waals surface area contributed by atoms with Crippen LogP contribution in [0.1, 0.15) is 22.7 Å². The fourth-order valence-electron chi connectivity index (χ4n) is 2.17. The van der Waals surface area contributed by atoms with Crippen molar-refractivity contribution in [2.24, 2.45) is 5.84 Å². The molecule has 2 aromatic rings. The van der Waals surface area contributed by atoms with Gasteiger partial charge in [-0.2, -0.15) is 0 Å². The molecule has 5 heteroatoms. The van der Waals surface area contributed by atoms with Gasteiger partial charge in [0, 0.05) is 14.5 Å². The Morgan fingerprint density at radius 3 is 2.65 bits per heavy atom. The van der Waals surface area contributed by atoms with E-state index in [9.17, 15) is 0 Å². The van der Waals surface area contributed by atoms with Crippen LogP contribution in [-0.4, -0.2) is 0 Å². The molecule has 106 valence electrons. The van der Waals surface area contributed by atoms with Gasteiger partial charge in [0.05, 0.1) is 6.04 Å². The van der Waals surface area contributed by atoms with E-state index in [1.165, 1.54) is 5.56 Å². The molecule has 2 rings (SSSR count). The first-order valence-electron chi connectivity index (χ1n) is 6.17. The third-order valence-electron chi connectivity index (χ3n) is 3.25. The van der Waals surface area contributed by atoms with Crippen LogP contribution in [0.4, 0.5) is 0 Å². The summed E-state index contributed by atoms with van der Waals surface area (Å²) in [4.78, 5) is 0. The molecule has 0 saturated carbocycles. The lowest BCUT2D eigenvalue weighted by molar-refractivity contribution is 0.549. The molecule has 0 saturated heterocycles. The maximum atomic E-state index is 6.22. The Morgan fingerprint density at radius 1 is 1.20 bits per heavy atom. The van der Waals surface area contributed by atoms with Crippen molar-refractivity contribution in [2.75, 3.05) is 0 Å². The first kappa shape index (κ1) is 15.8. The molecule has 0 aliphatic carbocycles. The van der Waals surface area contributed by atoms with E-state index in [4.69, 9.17) is 29.0 Å². The number of aryl methyl sites for hydroxylation is 1. The standard InChI is InChI=1S/C15H15BrCl2N2/c1-9-2-3-11(16)8-13(9)15(20-19)7-10-6-12(17)4-5-14(10)18/h2-6,8,15,20H,7,19H2,1H3. The normalized spacial score (nSPS) is 12.4. The van der Waals surface area contributed by atoms with E-state index in [1.807, 2.05) is 12.1 Å². The lowest BCUT2D eigenvalue weighted by Gasteiger charge is -2.20. The average molecular weight is 374 g/mol. The van der Waals surface area contributed by atoms with E-state index in [0.29, 0.717) is 16.5 Å². The lowest BCUT2D eigenvalue weighted by atomic mass is 9.96. The Labute approximate surface area is 137 Å². The van der Waals surface area contributed by atoms with Crippen LogP contribution in [-0.2, 0) is 6.42 Å². The van der Waals surface area contributed by atoms with Gasteiger partial charge in [-0.1, -0.05) is 45.2 Å². The van der Waals surface area contributed by atoms with Gasteiger partial charge in [-0.25, -0.2) is 0 Å². The third-order valence-corrected chi connectivity index (χ3v) is 4.35. The van der Waals surface area contributed by atoms with Crippen LogP contribution < -0.4 is 11.3 Å². The fourth-order valence-corrected chi connectivity index (χ4v) is 2.93. The van der Waals surface area contributed by atoms with Crippen LogP contribution in [0.15, 0.2) is 40.9 Å². The van der Waals surface area contributed by atoms with Crippen LogP contribution in [0.5, 0.6) is 0 Å². The second-order valence-electron chi connectivity index (χ2n) is 4.66. The highest BCUT2D eigenvalue weighted by Gasteiger charge is 2.15. The molecule has 1 unspecified atom stereocenters. The Bertz CT molecular complexity index is 617. The predicted molar refractivity (Wildman–Crippen MR) is 89.1 cm³/mol. The highest BCUT2D eigenvalue weighted by Crippen LogP contribution is 2.28. The Balaban J connectivity index is 2.33. The zero-order chi connectivity index (χ0) is 14.7. The summed E-state index contributed by atoms with van der Waals surface area (Å²) in [5.74, 6) is 5.72. The first-order chi connectivity index (χ1) is 9.51. The van der Waals surface area contributed by atoms with E-state index in [2.05, 4.69) is 40.4 Å². The number of hydrazine groups is 1. The Hall–Kier alpha value is -0.580. The predicted octanol–water partition coefficient (Wildman–Crippen LogP) is 4.81. The zero-order valence-corrected chi connectivity index (χ0v) is 14.1. The molecule has 0 bridgehead atoms. The molecule has 0 fully saturated rings. The van der Waals surface area contributed by atoms with Crippen molar-refractivity contribution in [3.8, 4) is 0 Å². The van der Waals surface area contributed by atoms with Gasteiger partial charge < -0.3 is 0 Å². The number of rotatable bonds is 4. The van der Waals surface area contributed by atoms with Gasteiger partial charge >= 0.3 is 0 Å². The minimum absolute atomic E-state index is 0.0246. The molecule has 0 aliphatic heterocycles. The number of benzene rings is 2. The molecule has 2 nitrogen and oxygen atoms in total. The number of nitrogens with two attached hydrogens (primary N) is 1. The molecule has 2 aromatic carbocycles. The summed E-state index contributed by atoms with van der Waals surface area (Å²) in [6.45, 7) is 2.06. The molecule has 0 aromatic heterocycles. The second-order valence-corrected chi connectivity index (χ2v) is 6.42. The summed E-state index contributed by atoms with van der Waals surface area (Å²) >= 11 is 15.7. The Kier molecular flexibility index (Phi) is 5.47. The Morgan fingerprint density at radius 2 is 1.95 bits per heavy atom. The van der Waals surface area contributed by atoms with Crippen LogP contribution in [0, 0.1) is 6.92 Å². The van der Waals surface area contributed by atoms with E-state index >= 15 is 0 Å². The van der Waals surface area contributed by atoms with Gasteiger partial charge in [0.1, 0.15) is 0 Å². The highest BCUT2D eigenvalue weighted by atomic mass is 79.9. The van der Waals surface area contributed by atoms with Gasteiger partial charge in [-0.15, -0.1) is 0 Å². The highest BCUT2D eigenvalue weighted by molar-refractivity contribution is 9.10. The van der Waals surface area contributed by atoms with Crippen molar-refractivity contribution in [1.29, 1.82) is 0 Å². The van der Waals surface area contributed by atoms with Crippen LogP contribution in [0.2, 0.25) is 10.0 Å². The van der Waals surface area contributed by atoms with Crippen LogP contribution >= 0.6 is 39.1 Å². The van der Waals surface area contributed by atoms with Crippen molar-refractivity contribution in [1.82, 2.24) is 5.43 Å². The summed E-state index contributed by atoms with van der Waals surface area (Å²) in [6, 6.07) is 11.6.